The smallest absolute Gasteiger partial charge is 0.0542 e. The van der Waals surface area contributed by atoms with E-state index in [9.17, 15) is 0 Å². The number of anilines is 6. The molecule has 9 aromatic carbocycles. The number of fused-ring (bicyclic) bond motifs is 9. The van der Waals surface area contributed by atoms with E-state index in [0.717, 1.165) is 46.2 Å². The highest BCUT2D eigenvalue weighted by Gasteiger charge is 2.52. The molecule has 10 aromatic rings. The first-order valence-electron chi connectivity index (χ1n) is 25.7. The van der Waals surface area contributed by atoms with Crippen LogP contribution < -0.4 is 9.80 Å². The zero-order chi connectivity index (χ0) is 46.6. The first kappa shape index (κ1) is 41.4. The van der Waals surface area contributed by atoms with Crippen molar-refractivity contribution in [2.45, 2.75) is 63.2 Å². The number of rotatable bonds is 9. The maximum atomic E-state index is 2.50. The van der Waals surface area contributed by atoms with Crippen molar-refractivity contribution in [2.75, 3.05) is 9.80 Å². The lowest BCUT2D eigenvalue weighted by Crippen LogP contribution is -2.23. The minimum atomic E-state index is -0.0859. The van der Waals surface area contributed by atoms with E-state index in [1.165, 1.54) is 105 Å². The maximum absolute atomic E-state index is 2.50. The van der Waals surface area contributed by atoms with Gasteiger partial charge in [-0.05, 0) is 198 Å². The van der Waals surface area contributed by atoms with Crippen LogP contribution in [0.1, 0.15) is 69.1 Å². The van der Waals surface area contributed by atoms with E-state index in [2.05, 4.69) is 247 Å². The summed E-state index contributed by atoms with van der Waals surface area (Å²) in [5, 5.41) is 2.48. The average molecular weight is 904 g/mol. The van der Waals surface area contributed by atoms with Gasteiger partial charge in [0.1, 0.15) is 0 Å². The molecule has 4 aliphatic carbocycles. The van der Waals surface area contributed by atoms with E-state index >= 15 is 0 Å². The molecule has 4 aliphatic rings. The molecule has 3 nitrogen and oxygen atoms in total. The van der Waals surface area contributed by atoms with Gasteiger partial charge in [0.05, 0.1) is 11.0 Å². The molecule has 0 saturated heterocycles. The molecule has 1 heterocycles. The monoisotopic (exact) mass is 903 g/mol. The Bertz CT molecular complexity index is 3590. The van der Waals surface area contributed by atoms with Crippen molar-refractivity contribution in [1.29, 1.82) is 0 Å². The molecule has 4 atom stereocenters. The molecular weight excluding hydrogens is 847 g/mol. The van der Waals surface area contributed by atoms with Crippen molar-refractivity contribution >= 4 is 55.9 Å². The van der Waals surface area contributed by atoms with Gasteiger partial charge < -0.3 is 14.4 Å². The number of nitrogens with zero attached hydrogens (tertiary/aromatic N) is 3. The van der Waals surface area contributed by atoms with E-state index in [1.807, 2.05) is 0 Å². The van der Waals surface area contributed by atoms with Crippen molar-refractivity contribution in [2.24, 2.45) is 17.8 Å². The number of hydrogen-bond donors (Lipinski definition) is 0. The van der Waals surface area contributed by atoms with Crippen LogP contribution in [0.15, 0.2) is 218 Å². The van der Waals surface area contributed by atoms with E-state index in [0.29, 0.717) is 5.41 Å². The Labute approximate surface area is 412 Å². The first-order valence-corrected chi connectivity index (χ1v) is 25.7. The van der Waals surface area contributed by atoms with Crippen molar-refractivity contribution in [1.82, 2.24) is 4.57 Å². The highest BCUT2D eigenvalue weighted by molar-refractivity contribution is 6.10. The Hall–Kier alpha value is -7.62. The summed E-state index contributed by atoms with van der Waals surface area (Å²) in [6, 6.07) is 81.4. The Morgan fingerprint density at radius 2 is 0.986 bits per heavy atom. The highest BCUT2D eigenvalue weighted by atomic mass is 15.1. The van der Waals surface area contributed by atoms with Crippen LogP contribution in [0.4, 0.5) is 34.1 Å². The van der Waals surface area contributed by atoms with Crippen LogP contribution in [0.3, 0.4) is 0 Å². The fourth-order valence-electron chi connectivity index (χ4n) is 13.6. The molecule has 2 bridgehead atoms. The van der Waals surface area contributed by atoms with Gasteiger partial charge in [-0.15, -0.1) is 0 Å². The fourth-order valence-corrected chi connectivity index (χ4v) is 13.6. The molecule has 0 N–H and O–H groups in total. The molecule has 4 unspecified atom stereocenters. The van der Waals surface area contributed by atoms with Crippen LogP contribution in [0.25, 0.3) is 49.7 Å². The topological polar surface area (TPSA) is 11.4 Å². The van der Waals surface area contributed by atoms with Crippen molar-refractivity contribution in [3.63, 3.8) is 0 Å². The minimum Gasteiger partial charge on any atom is -0.310 e. The van der Waals surface area contributed by atoms with Crippen molar-refractivity contribution < 1.29 is 0 Å². The van der Waals surface area contributed by atoms with Gasteiger partial charge in [-0.1, -0.05) is 135 Å². The fraction of sp³-hybridized carbons (Fsp3) is 0.194. The van der Waals surface area contributed by atoms with Gasteiger partial charge in [0.15, 0.2) is 0 Å². The van der Waals surface area contributed by atoms with Crippen LogP contribution in [-0.4, -0.2) is 4.57 Å². The van der Waals surface area contributed by atoms with Gasteiger partial charge in [0.25, 0.3) is 0 Å². The lowest BCUT2D eigenvalue weighted by molar-refractivity contribution is 0.379. The molecule has 3 fully saturated rings. The van der Waals surface area contributed by atoms with Gasteiger partial charge in [0, 0.05) is 56.0 Å². The molecule has 70 heavy (non-hydrogen) atoms. The van der Waals surface area contributed by atoms with Crippen LogP contribution >= 0.6 is 0 Å². The summed E-state index contributed by atoms with van der Waals surface area (Å²) in [5.74, 6) is 2.87. The van der Waals surface area contributed by atoms with Gasteiger partial charge >= 0.3 is 0 Å². The third-order valence-corrected chi connectivity index (χ3v) is 17.2. The number of hydrogen-bond acceptors (Lipinski definition) is 2. The molecule has 0 spiro atoms. The van der Waals surface area contributed by atoms with Gasteiger partial charge in [-0.2, -0.15) is 0 Å². The first-order chi connectivity index (χ1) is 34.4. The molecule has 0 radical (unpaired) electrons. The molecule has 0 aliphatic heterocycles. The second-order valence-corrected chi connectivity index (χ2v) is 21.5. The van der Waals surface area contributed by atoms with Crippen LogP contribution in [0.2, 0.25) is 0 Å². The molecule has 1 aromatic heterocycles. The lowest BCUT2D eigenvalue weighted by Gasteiger charge is -2.32. The zero-order valence-corrected chi connectivity index (χ0v) is 40.1. The zero-order valence-electron chi connectivity index (χ0n) is 40.1. The SMILES string of the molecule is CC1(C)c2ccccc2-c2ccc(N(c3ccc(-c4ccc(N(c5ccccc5)c5ccc6c(c5)c5ccccc5n6-c5ccccc5)cc4)cc3)c3ccc(C45CCC(CC6CC6C4)C5)cc3)cc21. The summed E-state index contributed by atoms with van der Waals surface area (Å²) in [6.45, 7) is 4.77. The third kappa shape index (κ3) is 6.69. The lowest BCUT2D eigenvalue weighted by atomic mass is 9.74. The predicted molar refractivity (Wildman–Crippen MR) is 293 cm³/mol. The molecule has 0 amide bonds. The quantitative estimate of drug-likeness (QED) is 0.143. The van der Waals surface area contributed by atoms with Crippen LogP contribution in [0.5, 0.6) is 0 Å². The summed E-state index contributed by atoms with van der Waals surface area (Å²) in [6.07, 6.45) is 8.48. The van der Waals surface area contributed by atoms with Gasteiger partial charge in [-0.25, -0.2) is 0 Å². The van der Waals surface area contributed by atoms with E-state index in [-0.39, 0.29) is 5.41 Å². The third-order valence-electron chi connectivity index (χ3n) is 17.2. The van der Waals surface area contributed by atoms with E-state index < -0.39 is 0 Å². The summed E-state index contributed by atoms with van der Waals surface area (Å²) in [4.78, 5) is 4.87. The molecule has 3 heteroatoms. The van der Waals surface area contributed by atoms with Crippen molar-refractivity contribution in [3.8, 4) is 27.9 Å². The number of para-hydroxylation sites is 3. The maximum Gasteiger partial charge on any atom is 0.0542 e. The molecule has 3 saturated carbocycles. The van der Waals surface area contributed by atoms with E-state index in [1.54, 1.807) is 5.56 Å². The predicted octanol–water partition coefficient (Wildman–Crippen LogP) is 18.2. The summed E-state index contributed by atoms with van der Waals surface area (Å²) < 4.78 is 2.38. The molecule has 340 valence electrons. The molecular formula is C67H57N3. The van der Waals surface area contributed by atoms with E-state index in [4.69, 9.17) is 0 Å². The Kier molecular flexibility index (Phi) is 9.44. The van der Waals surface area contributed by atoms with Crippen LogP contribution in [0, 0.1) is 17.8 Å². The Morgan fingerprint density at radius 1 is 0.429 bits per heavy atom. The van der Waals surface area contributed by atoms with Gasteiger partial charge in [-0.3, -0.25) is 0 Å². The summed E-state index contributed by atoms with van der Waals surface area (Å²) in [5.41, 5.74) is 20.2. The summed E-state index contributed by atoms with van der Waals surface area (Å²) >= 11 is 0. The second kappa shape index (κ2) is 16.0. The highest BCUT2D eigenvalue weighted by Crippen LogP contribution is 2.62. The Balaban J connectivity index is 0.812. The standard InChI is InChI=1S/C67H57N3/c1-66(2)62-19-11-9-17-58(62)59-35-33-57(42-63(59)66)69(55-31-25-50(26-32-55)67-38-37-45(43-67)39-48-40-49(48)44-67)54-29-23-47(24-30-54)46-21-27-53(28-22-46)68(51-13-5-3-6-14-51)56-34-36-65-61(41-56)60-18-10-12-20-64(60)70(65)52-15-7-4-8-16-52/h3-36,41-42,45,48-49H,37-40,43-44H2,1-2H3. The Morgan fingerprint density at radius 3 is 1.71 bits per heavy atom. The number of benzene rings is 9. The van der Waals surface area contributed by atoms with Gasteiger partial charge in [0.2, 0.25) is 0 Å². The number of aromatic nitrogens is 1. The minimum absolute atomic E-state index is 0.0859. The van der Waals surface area contributed by atoms with Crippen LogP contribution in [-0.2, 0) is 10.8 Å². The average Bonchev–Trinajstić information content (AvgIpc) is 3.78. The summed E-state index contributed by atoms with van der Waals surface area (Å²) in [7, 11) is 0. The largest absolute Gasteiger partial charge is 0.310 e. The normalized spacial score (nSPS) is 20.4. The molecule has 14 rings (SSSR count). The second-order valence-electron chi connectivity index (χ2n) is 21.5. The van der Waals surface area contributed by atoms with Crippen molar-refractivity contribution in [3.05, 3.63) is 235 Å².